The second-order valence-electron chi connectivity index (χ2n) is 17.5. The van der Waals surface area contributed by atoms with Crippen molar-refractivity contribution in [1.82, 2.24) is 24.5 Å². The largest absolute Gasteiger partial charge is 0.374 e. The maximum atomic E-state index is 15.7. The Morgan fingerprint density at radius 3 is 2.42 bits per heavy atom. The second kappa shape index (κ2) is 17.0. The fourth-order valence-corrected chi connectivity index (χ4v) is 10.8. The highest BCUT2D eigenvalue weighted by molar-refractivity contribution is 7.90. The van der Waals surface area contributed by atoms with Gasteiger partial charge in [-0.05, 0) is 97.7 Å². The first-order chi connectivity index (χ1) is 31.3. The molecule has 5 aromatic rings. The Labute approximate surface area is 373 Å². The molecule has 4 fully saturated rings. The number of pyridine rings is 1. The summed E-state index contributed by atoms with van der Waals surface area (Å²) in [4.78, 5) is 53.1. The molecule has 0 radical (unpaired) electrons. The number of halogens is 3. The van der Waals surface area contributed by atoms with E-state index in [1.807, 2.05) is 41.1 Å². The molecule has 4 saturated heterocycles. The predicted molar refractivity (Wildman–Crippen MR) is 238 cm³/mol. The molecule has 65 heavy (non-hydrogen) atoms. The number of alkyl halides is 1. The molecule has 5 aliphatic rings. The van der Waals surface area contributed by atoms with E-state index in [0.29, 0.717) is 59.8 Å². The number of allylic oxidation sites excluding steroid dienone is 1. The number of nitrogens with zero attached hydrogens (tertiary/aromatic N) is 5. The van der Waals surface area contributed by atoms with Crippen molar-refractivity contribution in [3.8, 4) is 11.1 Å². The molecule has 338 valence electrons. The van der Waals surface area contributed by atoms with Crippen molar-refractivity contribution in [1.29, 1.82) is 0 Å². The number of ketones is 1. The number of aromatic amines is 1. The lowest BCUT2D eigenvalue weighted by Crippen LogP contribution is -2.53. The molecule has 18 heteroatoms. The highest BCUT2D eigenvalue weighted by Crippen LogP contribution is 2.35. The van der Waals surface area contributed by atoms with Gasteiger partial charge >= 0.3 is 10.2 Å². The molecule has 3 aromatic carbocycles. The van der Waals surface area contributed by atoms with Crippen LogP contribution in [0.2, 0.25) is 0 Å². The van der Waals surface area contributed by atoms with Crippen molar-refractivity contribution in [3.63, 3.8) is 0 Å². The third-order valence-electron chi connectivity index (χ3n) is 13.3. The van der Waals surface area contributed by atoms with Crippen molar-refractivity contribution in [2.75, 3.05) is 60.4 Å². The van der Waals surface area contributed by atoms with Crippen molar-refractivity contribution < 1.29 is 40.7 Å². The van der Waals surface area contributed by atoms with E-state index in [2.05, 4.69) is 37.7 Å². The Morgan fingerprint density at radius 2 is 1.68 bits per heavy atom. The smallest absolute Gasteiger partial charge is 0.301 e. The topological polar surface area (TPSA) is 160 Å². The SMILES string of the molecule is C=C1CCC(N2Cc3cc(N4CCC(COC5CN(c6ccc(-c7cnc8[nH]cc(C(=O)c9c(F)ccc(NS(=O)(=O)N%10CC[C@@H](F)C%10)c9F)c8c7)cc6)C5)CC4)ccc3C2=O)C(=O)N1. The molecule has 1 unspecified atom stereocenters. The molecule has 14 nitrogen and oxygen atoms in total. The molecule has 0 saturated carbocycles. The van der Waals surface area contributed by atoms with E-state index in [4.69, 9.17) is 4.74 Å². The first-order valence-corrected chi connectivity index (χ1v) is 23.3. The summed E-state index contributed by atoms with van der Waals surface area (Å²) in [5.74, 6) is -3.37. The number of benzene rings is 3. The minimum atomic E-state index is -4.35. The van der Waals surface area contributed by atoms with Gasteiger partial charge in [0.25, 0.3) is 5.91 Å². The number of hydrogen-bond donors (Lipinski definition) is 3. The first kappa shape index (κ1) is 42.7. The molecule has 5 aliphatic heterocycles. The Morgan fingerprint density at radius 1 is 0.908 bits per heavy atom. The van der Waals surface area contributed by atoms with Gasteiger partial charge in [0, 0.05) is 97.4 Å². The maximum Gasteiger partial charge on any atom is 0.301 e. The number of fused-ring (bicyclic) bond motifs is 2. The Hall–Kier alpha value is -6.24. The molecule has 7 heterocycles. The summed E-state index contributed by atoms with van der Waals surface area (Å²) < 4.78 is 79.4. The number of aromatic nitrogens is 2. The van der Waals surface area contributed by atoms with Crippen LogP contribution in [0, 0.1) is 17.6 Å². The van der Waals surface area contributed by atoms with Gasteiger partial charge in [-0.3, -0.25) is 19.1 Å². The zero-order chi connectivity index (χ0) is 45.1. The summed E-state index contributed by atoms with van der Waals surface area (Å²) in [5.41, 5.74) is 4.63. The van der Waals surface area contributed by atoms with E-state index in [1.54, 1.807) is 17.2 Å². The molecular weight excluding hydrogens is 862 g/mol. The van der Waals surface area contributed by atoms with Crippen LogP contribution in [0.1, 0.15) is 63.9 Å². The fraction of sp³-hybridized carbons (Fsp3) is 0.362. The van der Waals surface area contributed by atoms with Crippen LogP contribution in [0.15, 0.2) is 85.3 Å². The minimum absolute atomic E-state index is 0.00354. The van der Waals surface area contributed by atoms with Crippen LogP contribution >= 0.6 is 0 Å². The van der Waals surface area contributed by atoms with Crippen molar-refractivity contribution >= 4 is 55.9 Å². The number of piperidine rings is 2. The second-order valence-corrected chi connectivity index (χ2v) is 19.2. The Balaban J connectivity index is 0.716. The number of hydrogen-bond acceptors (Lipinski definition) is 9. The van der Waals surface area contributed by atoms with Crippen molar-refractivity contribution in [3.05, 3.63) is 119 Å². The third-order valence-corrected chi connectivity index (χ3v) is 14.8. The summed E-state index contributed by atoms with van der Waals surface area (Å²) >= 11 is 0. The van der Waals surface area contributed by atoms with Crippen LogP contribution < -0.4 is 19.8 Å². The number of rotatable bonds is 12. The van der Waals surface area contributed by atoms with Crippen LogP contribution in [0.4, 0.5) is 30.2 Å². The Kier molecular flexibility index (Phi) is 11.1. The standard InChI is InChI=1S/C47H47F3N8O6S/c1-27-2-11-41(46(60)53-27)58-22-31-18-34(7-8-36(31)47(58)61)55-15-12-28(13-16-55)26-64-35-24-56(25-35)33-5-3-29(4-6-33)30-19-37-38(21-52-45(37)51-20-30)44(59)42-39(49)9-10-40(43(42)50)54-65(62,63)57-17-14-32(48)23-57/h3-10,18-21,28,32,35,41,54H,1-2,11-17,22-26H2,(H,51,52)(H,53,60)/t32-,41?/m1/s1. The number of amides is 2. The van der Waals surface area contributed by atoms with Gasteiger partial charge < -0.3 is 29.7 Å². The molecule has 2 atom stereocenters. The molecule has 0 bridgehead atoms. The summed E-state index contributed by atoms with van der Waals surface area (Å²) in [5, 5.41) is 3.12. The molecule has 10 rings (SSSR count). The van der Waals surface area contributed by atoms with Gasteiger partial charge in [0.05, 0.1) is 24.0 Å². The van der Waals surface area contributed by atoms with Gasteiger partial charge in [0.2, 0.25) is 11.7 Å². The van der Waals surface area contributed by atoms with Gasteiger partial charge in [-0.1, -0.05) is 18.7 Å². The van der Waals surface area contributed by atoms with E-state index < -0.39 is 51.1 Å². The number of ether oxygens (including phenoxy) is 1. The lowest BCUT2D eigenvalue weighted by atomic mass is 9.96. The van der Waals surface area contributed by atoms with Crippen LogP contribution in [0.5, 0.6) is 0 Å². The van der Waals surface area contributed by atoms with Gasteiger partial charge in [-0.2, -0.15) is 12.7 Å². The summed E-state index contributed by atoms with van der Waals surface area (Å²) in [7, 11) is -4.35. The van der Waals surface area contributed by atoms with Gasteiger partial charge in [0.1, 0.15) is 23.7 Å². The Bertz CT molecular complexity index is 2840. The van der Waals surface area contributed by atoms with Gasteiger partial charge in [0.15, 0.2) is 5.82 Å². The molecule has 2 amide bonds. The normalized spacial score (nSPS) is 21.0. The van der Waals surface area contributed by atoms with E-state index in [9.17, 15) is 27.2 Å². The zero-order valence-electron chi connectivity index (χ0n) is 35.4. The first-order valence-electron chi connectivity index (χ1n) is 21.9. The lowest BCUT2D eigenvalue weighted by molar-refractivity contribution is -0.126. The van der Waals surface area contributed by atoms with E-state index in [1.165, 1.54) is 6.20 Å². The molecular formula is C47H47F3N8O6S. The number of carbonyl (C=O) groups excluding carboxylic acids is 3. The lowest BCUT2D eigenvalue weighted by Gasteiger charge is -2.42. The van der Waals surface area contributed by atoms with Gasteiger partial charge in [-0.15, -0.1) is 0 Å². The maximum absolute atomic E-state index is 15.7. The predicted octanol–water partition coefficient (Wildman–Crippen LogP) is 6.31. The number of carbonyl (C=O) groups is 3. The molecule has 0 spiro atoms. The minimum Gasteiger partial charge on any atom is -0.374 e. The van der Waals surface area contributed by atoms with Crippen LogP contribution in [0.25, 0.3) is 22.2 Å². The summed E-state index contributed by atoms with van der Waals surface area (Å²) in [6, 6.07) is 16.8. The van der Waals surface area contributed by atoms with Crippen LogP contribution in [-0.2, 0) is 26.3 Å². The molecule has 2 aromatic heterocycles. The average molecular weight is 909 g/mol. The highest BCUT2D eigenvalue weighted by Gasteiger charge is 2.39. The van der Waals surface area contributed by atoms with E-state index in [-0.39, 0.29) is 43.0 Å². The van der Waals surface area contributed by atoms with Gasteiger partial charge in [-0.25, -0.2) is 18.2 Å². The van der Waals surface area contributed by atoms with Crippen LogP contribution in [-0.4, -0.2) is 109 Å². The summed E-state index contributed by atoms with van der Waals surface area (Å²) in [6.07, 6.45) is 4.97. The van der Waals surface area contributed by atoms with E-state index >= 15 is 8.78 Å². The fourth-order valence-electron chi connectivity index (χ4n) is 9.52. The molecule has 0 aliphatic carbocycles. The quantitative estimate of drug-likeness (QED) is 0.122. The van der Waals surface area contributed by atoms with Crippen molar-refractivity contribution in [2.24, 2.45) is 5.92 Å². The third kappa shape index (κ3) is 8.23. The highest BCUT2D eigenvalue weighted by atomic mass is 32.2. The molecule has 3 N–H and O–H groups in total. The summed E-state index contributed by atoms with van der Waals surface area (Å²) in [6.45, 7) is 7.80. The monoisotopic (exact) mass is 908 g/mol. The van der Waals surface area contributed by atoms with E-state index in [0.717, 1.165) is 78.0 Å². The zero-order valence-corrected chi connectivity index (χ0v) is 36.2. The number of nitrogens with one attached hydrogen (secondary N) is 3. The van der Waals surface area contributed by atoms with Crippen molar-refractivity contribution in [2.45, 2.75) is 57.0 Å². The average Bonchev–Trinajstić information content (AvgIpc) is 4.01. The number of H-pyrrole nitrogens is 1. The van der Waals surface area contributed by atoms with Crippen LogP contribution in [0.3, 0.4) is 0 Å². The number of anilines is 3.